The summed E-state index contributed by atoms with van der Waals surface area (Å²) in [7, 11) is 0. The topological polar surface area (TPSA) is 0 Å². The van der Waals surface area contributed by atoms with Gasteiger partial charge in [-0.3, -0.25) is 0 Å². The van der Waals surface area contributed by atoms with Crippen LogP contribution < -0.4 is 0 Å². The van der Waals surface area contributed by atoms with Gasteiger partial charge in [-0.1, -0.05) is 179 Å². The zero-order valence-electron chi connectivity index (χ0n) is 35.2. The van der Waals surface area contributed by atoms with Gasteiger partial charge in [0.15, 0.2) is 0 Å². The third-order valence-electron chi connectivity index (χ3n) is 15.5. The van der Waals surface area contributed by atoms with Gasteiger partial charge in [-0.05, 0) is 136 Å². The average molecular weight is 807 g/mol. The predicted molar refractivity (Wildman–Crippen MR) is 262 cm³/mol. The maximum Gasteiger partial charge on any atom is 0.0726 e. The number of rotatable bonds is 2. The van der Waals surface area contributed by atoms with Crippen molar-refractivity contribution in [1.82, 2.24) is 0 Å². The third kappa shape index (κ3) is 4.14. The zero-order chi connectivity index (χ0) is 41.3. The number of thiophene rings is 1. The lowest BCUT2D eigenvalue weighted by atomic mass is 9.69. The molecule has 0 aliphatic heterocycles. The molecule has 1 spiro atoms. The molecule has 0 unspecified atom stereocenters. The minimum atomic E-state index is -0.496. The van der Waals surface area contributed by atoms with E-state index in [4.69, 9.17) is 0 Å². The first-order valence-electron chi connectivity index (χ1n) is 22.1. The molecule has 10 aromatic rings. The maximum atomic E-state index is 2.62. The second-order valence-corrected chi connectivity index (χ2v) is 20.2. The van der Waals surface area contributed by atoms with E-state index in [1.807, 2.05) is 11.3 Å². The van der Waals surface area contributed by atoms with Crippen LogP contribution in [0.1, 0.15) is 72.2 Å². The Morgan fingerprint density at radius 2 is 0.790 bits per heavy atom. The summed E-state index contributed by atoms with van der Waals surface area (Å²) < 4.78 is 2.71. The third-order valence-corrected chi connectivity index (χ3v) is 16.7. The Hall–Kier alpha value is -6.80. The summed E-state index contributed by atoms with van der Waals surface area (Å²) in [5, 5.41) is 2.70. The molecule has 4 aliphatic carbocycles. The minimum Gasteiger partial charge on any atom is -0.134 e. The Labute approximate surface area is 366 Å². The van der Waals surface area contributed by atoms with E-state index in [0.717, 1.165) is 0 Å². The molecule has 292 valence electrons. The standard InChI is InChI=1S/C61H42S/c1-59(2)47-20-10-5-17-40(47)45-31-35(26-29-49(45)59)36-25-28-42-53(33-36)61(51-22-12-7-15-38(51)39-16-8-13-23-52(39)61)54-34-44(56-43-19-9-14-24-55(43)62-58(56)57(42)54)37-27-30-50-46(32-37)41-18-6-11-21-48(41)60(50,3)4/h5-34H,1-4H3. The summed E-state index contributed by atoms with van der Waals surface area (Å²) in [6.45, 7) is 9.50. The molecule has 1 heterocycles. The van der Waals surface area contributed by atoms with E-state index in [2.05, 4.69) is 210 Å². The summed E-state index contributed by atoms with van der Waals surface area (Å²) in [6, 6.07) is 70.2. The number of hydrogen-bond donors (Lipinski definition) is 0. The molecular formula is C61H42S. The fourth-order valence-corrected chi connectivity index (χ4v) is 14.0. The molecule has 1 heteroatoms. The lowest BCUT2D eigenvalue weighted by Crippen LogP contribution is -2.26. The van der Waals surface area contributed by atoms with Crippen molar-refractivity contribution in [1.29, 1.82) is 0 Å². The zero-order valence-corrected chi connectivity index (χ0v) is 36.0. The molecular weight excluding hydrogens is 765 g/mol. The van der Waals surface area contributed by atoms with Crippen molar-refractivity contribution in [3.63, 3.8) is 0 Å². The van der Waals surface area contributed by atoms with Crippen molar-refractivity contribution in [3.05, 3.63) is 226 Å². The van der Waals surface area contributed by atoms with Crippen molar-refractivity contribution in [2.45, 2.75) is 43.9 Å². The van der Waals surface area contributed by atoms with Crippen LogP contribution in [0.2, 0.25) is 0 Å². The normalized spacial score (nSPS) is 15.8. The van der Waals surface area contributed by atoms with Gasteiger partial charge in [0.1, 0.15) is 0 Å². The summed E-state index contributed by atoms with van der Waals surface area (Å²) >= 11 is 1.97. The van der Waals surface area contributed by atoms with Crippen molar-refractivity contribution in [2.24, 2.45) is 0 Å². The van der Waals surface area contributed by atoms with Crippen LogP contribution >= 0.6 is 11.3 Å². The van der Waals surface area contributed by atoms with E-state index in [1.165, 1.54) is 131 Å². The van der Waals surface area contributed by atoms with Gasteiger partial charge in [0.25, 0.3) is 0 Å². The molecule has 0 radical (unpaired) electrons. The van der Waals surface area contributed by atoms with Crippen LogP contribution in [-0.2, 0) is 16.2 Å². The number of hydrogen-bond acceptors (Lipinski definition) is 1. The molecule has 0 saturated heterocycles. The molecule has 1 aromatic heterocycles. The van der Waals surface area contributed by atoms with Crippen LogP contribution in [0.5, 0.6) is 0 Å². The van der Waals surface area contributed by atoms with E-state index in [1.54, 1.807) is 0 Å². The molecule has 0 atom stereocenters. The van der Waals surface area contributed by atoms with Crippen molar-refractivity contribution >= 4 is 31.5 Å². The van der Waals surface area contributed by atoms with Crippen molar-refractivity contribution in [2.75, 3.05) is 0 Å². The van der Waals surface area contributed by atoms with Crippen LogP contribution in [0.4, 0.5) is 0 Å². The van der Waals surface area contributed by atoms with E-state index in [0.29, 0.717) is 0 Å². The predicted octanol–water partition coefficient (Wildman–Crippen LogP) is 16.3. The monoisotopic (exact) mass is 806 g/mol. The van der Waals surface area contributed by atoms with E-state index >= 15 is 0 Å². The highest BCUT2D eigenvalue weighted by Crippen LogP contribution is 2.66. The van der Waals surface area contributed by atoms with E-state index < -0.39 is 5.41 Å². The van der Waals surface area contributed by atoms with Crippen LogP contribution in [0.3, 0.4) is 0 Å². The fourth-order valence-electron chi connectivity index (χ4n) is 12.7. The van der Waals surface area contributed by atoms with Gasteiger partial charge in [0.2, 0.25) is 0 Å². The van der Waals surface area contributed by atoms with Crippen LogP contribution in [0.25, 0.3) is 86.9 Å². The summed E-state index contributed by atoms with van der Waals surface area (Å²) in [4.78, 5) is 0. The Morgan fingerprint density at radius 1 is 0.323 bits per heavy atom. The molecule has 0 amide bonds. The van der Waals surface area contributed by atoms with Gasteiger partial charge in [-0.15, -0.1) is 11.3 Å². The Balaban J connectivity index is 1.08. The smallest absolute Gasteiger partial charge is 0.0726 e. The van der Waals surface area contributed by atoms with Gasteiger partial charge in [-0.2, -0.15) is 0 Å². The second kappa shape index (κ2) is 11.8. The largest absolute Gasteiger partial charge is 0.134 e. The first kappa shape index (κ1) is 34.9. The molecule has 0 saturated carbocycles. The number of fused-ring (bicyclic) bond motifs is 20. The summed E-state index contributed by atoms with van der Waals surface area (Å²) in [5.74, 6) is 0. The molecule has 4 aliphatic rings. The SMILES string of the molecule is CC1(C)c2ccccc2-c2cc(-c3ccc4c(c3)C3(c5ccccc5-c5ccccc53)c3cc(-c5ccc6c(c5)-c5ccccc5C6(C)C)c5c(sc6ccccc65)c3-4)ccc21. The van der Waals surface area contributed by atoms with Gasteiger partial charge in [0.05, 0.1) is 5.41 Å². The highest BCUT2D eigenvalue weighted by molar-refractivity contribution is 7.26. The first-order valence-corrected chi connectivity index (χ1v) is 22.9. The Kier molecular flexibility index (Phi) is 6.61. The molecule has 0 bridgehead atoms. The minimum absolute atomic E-state index is 0.0306. The van der Waals surface area contributed by atoms with E-state index in [9.17, 15) is 0 Å². The molecule has 62 heavy (non-hydrogen) atoms. The maximum absolute atomic E-state index is 2.62. The lowest BCUT2D eigenvalue weighted by Gasteiger charge is -2.31. The van der Waals surface area contributed by atoms with Crippen molar-refractivity contribution in [3.8, 4) is 66.8 Å². The Morgan fingerprint density at radius 3 is 1.42 bits per heavy atom. The average Bonchev–Trinajstić information content (AvgIpc) is 4.05. The lowest BCUT2D eigenvalue weighted by molar-refractivity contribution is 0.660. The first-order chi connectivity index (χ1) is 30.3. The van der Waals surface area contributed by atoms with Gasteiger partial charge >= 0.3 is 0 Å². The van der Waals surface area contributed by atoms with E-state index in [-0.39, 0.29) is 10.8 Å². The summed E-state index contributed by atoms with van der Waals surface area (Å²) in [6.07, 6.45) is 0. The molecule has 9 aromatic carbocycles. The van der Waals surface area contributed by atoms with Gasteiger partial charge in [0, 0.05) is 36.6 Å². The van der Waals surface area contributed by atoms with Gasteiger partial charge < -0.3 is 0 Å². The van der Waals surface area contributed by atoms with Crippen molar-refractivity contribution < 1.29 is 0 Å². The van der Waals surface area contributed by atoms with Crippen LogP contribution in [-0.4, -0.2) is 0 Å². The molecule has 0 fully saturated rings. The Bertz CT molecular complexity index is 3600. The molecule has 14 rings (SSSR count). The molecule has 0 N–H and O–H groups in total. The fraction of sp³-hybridized carbons (Fsp3) is 0.115. The highest BCUT2D eigenvalue weighted by Gasteiger charge is 2.53. The molecule has 0 nitrogen and oxygen atoms in total. The second-order valence-electron chi connectivity index (χ2n) is 19.1. The van der Waals surface area contributed by atoms with Crippen LogP contribution in [0.15, 0.2) is 182 Å². The number of benzene rings is 9. The quantitative estimate of drug-likeness (QED) is 0.163. The summed E-state index contributed by atoms with van der Waals surface area (Å²) in [5.41, 5.74) is 26.5. The highest BCUT2D eigenvalue weighted by atomic mass is 32.1. The van der Waals surface area contributed by atoms with Gasteiger partial charge in [-0.25, -0.2) is 0 Å². The van der Waals surface area contributed by atoms with Crippen LogP contribution in [0, 0.1) is 0 Å².